The van der Waals surface area contributed by atoms with E-state index in [-0.39, 0.29) is 11.6 Å². The summed E-state index contributed by atoms with van der Waals surface area (Å²) in [5.41, 5.74) is 1.74. The summed E-state index contributed by atoms with van der Waals surface area (Å²) in [4.78, 5) is 24.5. The lowest BCUT2D eigenvalue weighted by atomic mass is 9.99. The minimum absolute atomic E-state index is 0.151. The maximum atomic E-state index is 12.8. The van der Waals surface area contributed by atoms with Crippen LogP contribution in [0.3, 0.4) is 0 Å². The Morgan fingerprint density at radius 2 is 1.71 bits per heavy atom. The average Bonchev–Trinajstić information content (AvgIpc) is 3.30. The number of ether oxygens (including phenoxy) is 3. The second kappa shape index (κ2) is 14.8. The molecule has 12 heteroatoms. The molecular formula is C30H39ClN6O5. The van der Waals surface area contributed by atoms with E-state index in [4.69, 9.17) is 31.2 Å². The fraction of sp³-hybridized carbons (Fsp3) is 0.433. The zero-order valence-electron chi connectivity index (χ0n) is 24.9. The normalized spacial score (nSPS) is 12.0. The molecular weight excluding hydrogens is 560 g/mol. The number of hydrogen-bond donors (Lipinski definition) is 3. The van der Waals surface area contributed by atoms with Gasteiger partial charge in [-0.05, 0) is 58.0 Å². The Kier molecular flexibility index (Phi) is 11.5. The molecule has 1 heterocycles. The highest BCUT2D eigenvalue weighted by molar-refractivity contribution is 6.30. The highest BCUT2D eigenvalue weighted by atomic mass is 35.5. The summed E-state index contributed by atoms with van der Waals surface area (Å²) in [5.74, 6) is 1.27. The number of nitrogens with one attached hydrogen (secondary N) is 3. The van der Waals surface area contributed by atoms with E-state index in [1.807, 2.05) is 30.5 Å². The van der Waals surface area contributed by atoms with Gasteiger partial charge < -0.3 is 24.8 Å². The largest absolute Gasteiger partial charge is 0.497 e. The van der Waals surface area contributed by atoms with Crippen molar-refractivity contribution in [1.29, 1.82) is 5.41 Å². The van der Waals surface area contributed by atoms with E-state index >= 15 is 0 Å². The zero-order chi connectivity index (χ0) is 30.9. The van der Waals surface area contributed by atoms with E-state index < -0.39 is 17.6 Å². The van der Waals surface area contributed by atoms with Crippen molar-refractivity contribution in [2.75, 3.05) is 33.4 Å². The van der Waals surface area contributed by atoms with Gasteiger partial charge in [0.25, 0.3) is 0 Å². The molecule has 2 amide bonds. The van der Waals surface area contributed by atoms with E-state index in [0.717, 1.165) is 0 Å². The number of carbonyl (C=O) groups excluding carboxylic acids is 2. The molecule has 42 heavy (non-hydrogen) atoms. The Balaban J connectivity index is 1.62. The van der Waals surface area contributed by atoms with Gasteiger partial charge in [-0.2, -0.15) is 0 Å². The van der Waals surface area contributed by atoms with Crippen molar-refractivity contribution in [3.05, 3.63) is 70.3 Å². The lowest BCUT2D eigenvalue weighted by molar-refractivity contribution is -0.124. The van der Waals surface area contributed by atoms with Crippen LogP contribution in [0.1, 0.15) is 50.5 Å². The molecule has 3 N–H and O–H groups in total. The summed E-state index contributed by atoms with van der Waals surface area (Å²) in [5, 5.41) is 23.6. The van der Waals surface area contributed by atoms with Gasteiger partial charge in [0, 0.05) is 41.6 Å². The Hall–Kier alpha value is -3.96. The lowest BCUT2D eigenvalue weighted by Gasteiger charge is -2.19. The standard InChI is InChI=1S/C30H39ClN6O5/c1-19(28(38)33-13-15-41-16-14-34-29(39)42-30(3,4)5)17-26-36-35-20(2)37(26)25-12-11-23(40-6)18-24(25)27(32)21-7-9-22(31)10-8-21/h7-12,18-19,32H,13-17H2,1-6H3,(H,33,38)(H,34,39). The van der Waals surface area contributed by atoms with Crippen molar-refractivity contribution < 1.29 is 23.8 Å². The highest BCUT2D eigenvalue weighted by Crippen LogP contribution is 2.27. The number of methoxy groups -OCH3 is 1. The quantitative estimate of drug-likeness (QED) is 0.194. The summed E-state index contributed by atoms with van der Waals surface area (Å²) < 4.78 is 18.0. The van der Waals surface area contributed by atoms with Crippen molar-refractivity contribution in [2.45, 2.75) is 46.6 Å². The number of hydrogen-bond acceptors (Lipinski definition) is 8. The molecule has 226 valence electrons. The number of carbonyl (C=O) groups is 2. The Morgan fingerprint density at radius 1 is 1.05 bits per heavy atom. The van der Waals surface area contributed by atoms with Crippen LogP contribution in [0.15, 0.2) is 42.5 Å². The average molecular weight is 599 g/mol. The Bertz CT molecular complexity index is 1380. The van der Waals surface area contributed by atoms with Gasteiger partial charge in [-0.15, -0.1) is 10.2 Å². The van der Waals surface area contributed by atoms with Crippen LogP contribution in [0, 0.1) is 18.3 Å². The van der Waals surface area contributed by atoms with Crippen LogP contribution in [0.25, 0.3) is 5.69 Å². The van der Waals surface area contributed by atoms with E-state index in [0.29, 0.717) is 72.0 Å². The molecule has 1 aromatic heterocycles. The first-order valence-electron chi connectivity index (χ1n) is 13.7. The monoisotopic (exact) mass is 598 g/mol. The third kappa shape index (κ3) is 9.28. The molecule has 0 saturated carbocycles. The van der Waals surface area contributed by atoms with E-state index in [1.54, 1.807) is 58.2 Å². The third-order valence-corrected chi connectivity index (χ3v) is 6.39. The summed E-state index contributed by atoms with van der Waals surface area (Å²) in [6.45, 7) is 10.2. The lowest BCUT2D eigenvalue weighted by Crippen LogP contribution is -2.35. The van der Waals surface area contributed by atoms with Gasteiger partial charge >= 0.3 is 6.09 Å². The SMILES string of the molecule is COc1ccc(-n2c(C)nnc2CC(C)C(=O)NCCOCCNC(=O)OC(C)(C)C)c(C(=N)c2ccc(Cl)cc2)c1. The van der Waals surface area contributed by atoms with Crippen LogP contribution >= 0.6 is 11.6 Å². The van der Waals surface area contributed by atoms with E-state index in [2.05, 4.69) is 20.8 Å². The number of amides is 2. The maximum Gasteiger partial charge on any atom is 0.407 e. The van der Waals surface area contributed by atoms with Gasteiger partial charge in [0.2, 0.25) is 5.91 Å². The summed E-state index contributed by atoms with van der Waals surface area (Å²) in [7, 11) is 1.58. The molecule has 1 atom stereocenters. The van der Waals surface area contributed by atoms with Crippen LogP contribution in [-0.2, 0) is 20.7 Å². The van der Waals surface area contributed by atoms with Gasteiger partial charge in [-0.1, -0.05) is 30.7 Å². The van der Waals surface area contributed by atoms with Gasteiger partial charge in [-0.3, -0.25) is 14.8 Å². The first-order valence-corrected chi connectivity index (χ1v) is 14.0. The van der Waals surface area contributed by atoms with Crippen LogP contribution in [0.5, 0.6) is 5.75 Å². The van der Waals surface area contributed by atoms with Crippen molar-refractivity contribution in [3.63, 3.8) is 0 Å². The van der Waals surface area contributed by atoms with Gasteiger partial charge in [-0.25, -0.2) is 4.79 Å². The number of nitrogens with zero attached hydrogens (tertiary/aromatic N) is 3. The molecule has 1 unspecified atom stereocenters. The second-order valence-corrected chi connectivity index (χ2v) is 11.1. The highest BCUT2D eigenvalue weighted by Gasteiger charge is 2.22. The fourth-order valence-corrected chi connectivity index (χ4v) is 4.22. The van der Waals surface area contributed by atoms with Gasteiger partial charge in [0.05, 0.1) is 31.7 Å². The topological polar surface area (TPSA) is 140 Å². The number of benzene rings is 2. The number of halogens is 1. The molecule has 0 spiro atoms. The Labute approximate surface area is 251 Å². The first kappa shape index (κ1) is 32.6. The number of aryl methyl sites for hydroxylation is 1. The summed E-state index contributed by atoms with van der Waals surface area (Å²) in [6, 6.07) is 12.5. The minimum Gasteiger partial charge on any atom is -0.497 e. The van der Waals surface area contributed by atoms with Crippen LogP contribution in [0.2, 0.25) is 5.02 Å². The smallest absolute Gasteiger partial charge is 0.407 e. The predicted octanol–water partition coefficient (Wildman–Crippen LogP) is 4.49. The fourth-order valence-electron chi connectivity index (χ4n) is 4.09. The molecule has 0 aliphatic rings. The molecule has 11 nitrogen and oxygen atoms in total. The Morgan fingerprint density at radius 3 is 2.36 bits per heavy atom. The molecule has 0 fully saturated rings. The number of aromatic nitrogens is 3. The summed E-state index contributed by atoms with van der Waals surface area (Å²) >= 11 is 6.06. The summed E-state index contributed by atoms with van der Waals surface area (Å²) in [6.07, 6.45) is -0.174. The molecule has 0 aliphatic carbocycles. The van der Waals surface area contributed by atoms with Gasteiger partial charge in [0.1, 0.15) is 23.0 Å². The first-order chi connectivity index (χ1) is 19.9. The molecule has 0 aliphatic heterocycles. The number of rotatable bonds is 13. The van der Waals surface area contributed by atoms with Gasteiger partial charge in [0.15, 0.2) is 0 Å². The molecule has 0 bridgehead atoms. The molecule has 0 radical (unpaired) electrons. The second-order valence-electron chi connectivity index (χ2n) is 10.7. The van der Waals surface area contributed by atoms with Crippen molar-refractivity contribution in [1.82, 2.24) is 25.4 Å². The van der Waals surface area contributed by atoms with Crippen molar-refractivity contribution >= 4 is 29.3 Å². The van der Waals surface area contributed by atoms with E-state index in [1.165, 1.54) is 0 Å². The number of alkyl carbamates (subject to hydrolysis) is 1. The van der Waals surface area contributed by atoms with E-state index in [9.17, 15) is 9.59 Å². The molecule has 3 rings (SSSR count). The third-order valence-electron chi connectivity index (χ3n) is 6.14. The van der Waals surface area contributed by atoms with Crippen LogP contribution in [0.4, 0.5) is 4.79 Å². The predicted molar refractivity (Wildman–Crippen MR) is 161 cm³/mol. The maximum absolute atomic E-state index is 12.8. The molecule has 3 aromatic rings. The molecule has 0 saturated heterocycles. The van der Waals surface area contributed by atoms with Crippen molar-refractivity contribution in [2.24, 2.45) is 5.92 Å². The van der Waals surface area contributed by atoms with Crippen LogP contribution < -0.4 is 15.4 Å². The van der Waals surface area contributed by atoms with Crippen LogP contribution in [-0.4, -0.2) is 71.5 Å². The zero-order valence-corrected chi connectivity index (χ0v) is 25.7. The van der Waals surface area contributed by atoms with Crippen molar-refractivity contribution in [3.8, 4) is 11.4 Å². The minimum atomic E-state index is -0.560. The molecule has 2 aromatic carbocycles.